The summed E-state index contributed by atoms with van der Waals surface area (Å²) in [6.07, 6.45) is 3.89. The second-order valence-electron chi connectivity index (χ2n) is 5.20. The largest absolute Gasteiger partial charge is 0.392 e. The molecule has 0 aliphatic carbocycles. The average molecular weight is 312 g/mol. The summed E-state index contributed by atoms with van der Waals surface area (Å²) >= 11 is 5.92. The number of halogens is 1. The van der Waals surface area contributed by atoms with E-state index in [1.165, 1.54) is 12.1 Å². The van der Waals surface area contributed by atoms with Gasteiger partial charge in [0.05, 0.1) is 9.95 Å². The van der Waals surface area contributed by atoms with Gasteiger partial charge >= 0.3 is 0 Å². The highest BCUT2D eigenvalue weighted by Crippen LogP contribution is 2.32. The minimum absolute atomic E-state index is 0.0395. The first-order chi connectivity index (χ1) is 9.95. The fourth-order valence-corrected chi connectivity index (χ4v) is 2.95. The predicted octanol–water partition coefficient (Wildman–Crippen LogP) is 3.24. The number of hydrogen-bond donors (Lipinski definition) is 1. The van der Waals surface area contributed by atoms with Crippen molar-refractivity contribution in [2.75, 3.05) is 12.3 Å². The summed E-state index contributed by atoms with van der Waals surface area (Å²) in [7, 11) is 0. The van der Waals surface area contributed by atoms with Gasteiger partial charge in [-0.25, -0.2) is 0 Å². The Bertz CT molecular complexity index is 577. The third kappa shape index (κ3) is 3.10. The molecule has 0 spiro atoms. The number of benzene rings is 1. The number of piperidine rings is 1. The number of likely N-dealkylation sites (tertiary alicyclic amines) is 1. The van der Waals surface area contributed by atoms with E-state index < -0.39 is 4.92 Å². The second-order valence-corrected chi connectivity index (χ2v) is 5.61. The quantitative estimate of drug-likeness (QED) is 0.527. The van der Waals surface area contributed by atoms with Gasteiger partial charge in [0.25, 0.3) is 11.6 Å². The van der Waals surface area contributed by atoms with E-state index in [1.54, 1.807) is 4.90 Å². The van der Waals surface area contributed by atoms with Crippen LogP contribution >= 0.6 is 11.6 Å². The molecule has 0 bridgehead atoms. The van der Waals surface area contributed by atoms with Crippen LogP contribution in [0, 0.1) is 10.1 Å². The summed E-state index contributed by atoms with van der Waals surface area (Å²) in [6, 6.07) is 2.81. The SMILES string of the molecule is CCC1CCCCN1C(=O)c1cc(Cl)c(N)c([N+](=O)[O-])c1. The minimum Gasteiger partial charge on any atom is -0.392 e. The molecule has 21 heavy (non-hydrogen) atoms. The standard InChI is InChI=1S/C14H18ClN3O3/c1-2-10-5-3-4-6-17(10)14(19)9-7-11(15)13(16)12(8-9)18(20)21/h7-8,10H,2-6,16H2,1H3. The number of anilines is 1. The topological polar surface area (TPSA) is 89.5 Å². The Morgan fingerprint density at radius 2 is 2.24 bits per heavy atom. The second kappa shape index (κ2) is 6.30. The van der Waals surface area contributed by atoms with E-state index in [2.05, 4.69) is 0 Å². The number of nitro benzene ring substituents is 1. The smallest absolute Gasteiger partial charge is 0.294 e. The maximum absolute atomic E-state index is 12.6. The Labute approximate surface area is 128 Å². The molecule has 1 aliphatic heterocycles. The molecular formula is C14H18ClN3O3. The first-order valence-corrected chi connectivity index (χ1v) is 7.37. The van der Waals surface area contributed by atoms with E-state index >= 15 is 0 Å². The molecule has 1 aromatic carbocycles. The van der Waals surface area contributed by atoms with Crippen molar-refractivity contribution in [3.05, 3.63) is 32.8 Å². The summed E-state index contributed by atoms with van der Waals surface area (Å²) in [4.78, 5) is 24.8. The molecule has 2 N–H and O–H groups in total. The lowest BCUT2D eigenvalue weighted by atomic mass is 9.98. The van der Waals surface area contributed by atoms with Crippen molar-refractivity contribution in [3.8, 4) is 0 Å². The van der Waals surface area contributed by atoms with Crippen LogP contribution in [0.4, 0.5) is 11.4 Å². The van der Waals surface area contributed by atoms with Gasteiger partial charge in [0.15, 0.2) is 0 Å². The highest BCUT2D eigenvalue weighted by molar-refractivity contribution is 6.34. The van der Waals surface area contributed by atoms with Crippen LogP contribution in [0.15, 0.2) is 12.1 Å². The van der Waals surface area contributed by atoms with E-state index in [0.29, 0.717) is 6.54 Å². The van der Waals surface area contributed by atoms with Gasteiger partial charge in [0.2, 0.25) is 0 Å². The minimum atomic E-state index is -0.620. The summed E-state index contributed by atoms with van der Waals surface area (Å²) < 4.78 is 0. The Morgan fingerprint density at radius 3 is 2.86 bits per heavy atom. The number of nitro groups is 1. The van der Waals surface area contributed by atoms with Gasteiger partial charge in [0, 0.05) is 24.2 Å². The van der Waals surface area contributed by atoms with Gasteiger partial charge in [-0.15, -0.1) is 0 Å². The highest BCUT2D eigenvalue weighted by atomic mass is 35.5. The molecule has 1 saturated heterocycles. The third-order valence-electron chi connectivity index (χ3n) is 3.91. The van der Waals surface area contributed by atoms with Crippen molar-refractivity contribution in [3.63, 3.8) is 0 Å². The van der Waals surface area contributed by atoms with Crippen molar-refractivity contribution in [2.24, 2.45) is 0 Å². The number of hydrogen-bond acceptors (Lipinski definition) is 4. The van der Waals surface area contributed by atoms with Crippen LogP contribution < -0.4 is 5.73 Å². The van der Waals surface area contributed by atoms with E-state index in [1.807, 2.05) is 6.92 Å². The number of rotatable bonds is 3. The van der Waals surface area contributed by atoms with E-state index in [9.17, 15) is 14.9 Å². The number of amides is 1. The van der Waals surface area contributed by atoms with Crippen LogP contribution in [0.25, 0.3) is 0 Å². The molecule has 0 saturated carbocycles. The molecule has 0 radical (unpaired) electrons. The van der Waals surface area contributed by atoms with Gasteiger partial charge in [-0.05, 0) is 31.7 Å². The Morgan fingerprint density at radius 1 is 1.52 bits per heavy atom. The summed E-state index contributed by atoms with van der Waals surface area (Å²) in [6.45, 7) is 2.71. The average Bonchev–Trinajstić information content (AvgIpc) is 2.48. The fourth-order valence-electron chi connectivity index (χ4n) is 2.74. The van der Waals surface area contributed by atoms with E-state index in [-0.39, 0.29) is 33.9 Å². The van der Waals surface area contributed by atoms with Gasteiger partial charge in [0.1, 0.15) is 5.69 Å². The van der Waals surface area contributed by atoms with Gasteiger partial charge in [-0.3, -0.25) is 14.9 Å². The molecule has 1 amide bonds. The van der Waals surface area contributed by atoms with E-state index in [4.69, 9.17) is 17.3 Å². The zero-order valence-corrected chi connectivity index (χ0v) is 12.6. The number of nitrogens with zero attached hydrogens (tertiary/aromatic N) is 2. The maximum atomic E-state index is 12.6. The first-order valence-electron chi connectivity index (χ1n) is 7.00. The zero-order chi connectivity index (χ0) is 15.6. The van der Waals surface area contributed by atoms with Crippen LogP contribution in [0.2, 0.25) is 5.02 Å². The van der Waals surface area contributed by atoms with Crippen molar-refractivity contribution in [1.29, 1.82) is 0 Å². The highest BCUT2D eigenvalue weighted by Gasteiger charge is 2.28. The van der Waals surface area contributed by atoms with Crippen LogP contribution in [0.5, 0.6) is 0 Å². The predicted molar refractivity (Wildman–Crippen MR) is 81.5 cm³/mol. The lowest BCUT2D eigenvalue weighted by molar-refractivity contribution is -0.383. The van der Waals surface area contributed by atoms with E-state index in [0.717, 1.165) is 25.7 Å². The molecule has 2 rings (SSSR count). The van der Waals surface area contributed by atoms with Gasteiger partial charge in [-0.1, -0.05) is 18.5 Å². The zero-order valence-electron chi connectivity index (χ0n) is 11.8. The van der Waals surface area contributed by atoms with Crippen molar-refractivity contribution in [2.45, 2.75) is 38.6 Å². The Balaban J connectivity index is 2.36. The summed E-state index contributed by atoms with van der Waals surface area (Å²) in [5.41, 5.74) is 5.38. The molecule has 6 nitrogen and oxygen atoms in total. The molecule has 114 valence electrons. The number of nitrogens with two attached hydrogens (primary N) is 1. The molecule has 1 unspecified atom stereocenters. The normalized spacial score (nSPS) is 18.6. The van der Waals surface area contributed by atoms with Gasteiger partial charge in [-0.2, -0.15) is 0 Å². The first kappa shape index (κ1) is 15.6. The van der Waals surface area contributed by atoms with Crippen molar-refractivity contribution in [1.82, 2.24) is 4.90 Å². The third-order valence-corrected chi connectivity index (χ3v) is 4.22. The number of carbonyl (C=O) groups excluding carboxylic acids is 1. The van der Waals surface area contributed by atoms with Gasteiger partial charge < -0.3 is 10.6 Å². The molecule has 7 heteroatoms. The van der Waals surface area contributed by atoms with Crippen LogP contribution in [0.3, 0.4) is 0 Å². The summed E-state index contributed by atoms with van der Waals surface area (Å²) in [5.74, 6) is -0.216. The molecule has 1 aliphatic rings. The van der Waals surface area contributed by atoms with Crippen molar-refractivity contribution < 1.29 is 9.72 Å². The number of carbonyl (C=O) groups is 1. The monoisotopic (exact) mass is 311 g/mol. The fraction of sp³-hybridized carbons (Fsp3) is 0.500. The lowest BCUT2D eigenvalue weighted by Crippen LogP contribution is -2.43. The molecule has 1 heterocycles. The molecular weight excluding hydrogens is 294 g/mol. The Kier molecular flexibility index (Phi) is 4.67. The maximum Gasteiger partial charge on any atom is 0.294 e. The molecule has 1 fully saturated rings. The molecule has 0 aromatic heterocycles. The summed E-state index contributed by atoms with van der Waals surface area (Å²) in [5, 5.41) is 11.0. The van der Waals surface area contributed by atoms with Crippen LogP contribution in [0.1, 0.15) is 43.0 Å². The van der Waals surface area contributed by atoms with Crippen LogP contribution in [-0.4, -0.2) is 28.3 Å². The van der Waals surface area contributed by atoms with Crippen LogP contribution in [-0.2, 0) is 0 Å². The molecule has 1 atom stereocenters. The Hall–Kier alpha value is -1.82. The number of nitrogen functional groups attached to an aromatic ring is 1. The molecule has 1 aromatic rings. The van der Waals surface area contributed by atoms with Crippen molar-refractivity contribution >= 4 is 28.9 Å². The lowest BCUT2D eigenvalue weighted by Gasteiger charge is -2.35.